The van der Waals surface area contributed by atoms with E-state index in [4.69, 9.17) is 0 Å². The molecule has 2 N–H and O–H groups in total. The second-order valence-electron chi connectivity index (χ2n) is 4.36. The number of benzene rings is 1. The molecular weight excluding hydrogens is 242 g/mol. The number of carbonyl (C=O) groups excluding carboxylic acids is 1. The minimum absolute atomic E-state index is 0.0240. The molecule has 0 radical (unpaired) electrons. The van der Waals surface area contributed by atoms with E-state index in [2.05, 4.69) is 10.1 Å². The summed E-state index contributed by atoms with van der Waals surface area (Å²) in [7, 11) is 1.36. The van der Waals surface area contributed by atoms with Crippen LogP contribution in [0.3, 0.4) is 0 Å². The van der Waals surface area contributed by atoms with Crippen LogP contribution >= 0.6 is 0 Å². The van der Waals surface area contributed by atoms with Crippen LogP contribution in [0.15, 0.2) is 42.0 Å². The Kier molecular flexibility index (Phi) is 6.85. The van der Waals surface area contributed by atoms with Crippen molar-refractivity contribution in [3.05, 3.63) is 47.5 Å². The Morgan fingerprint density at radius 3 is 2.68 bits per heavy atom. The normalized spacial score (nSPS) is 13.1. The lowest BCUT2D eigenvalue weighted by Gasteiger charge is -2.15. The third-order valence-corrected chi connectivity index (χ3v) is 2.87. The van der Waals surface area contributed by atoms with Crippen LogP contribution in [-0.2, 0) is 16.0 Å². The molecule has 0 aromatic heterocycles. The monoisotopic (exact) mass is 263 g/mol. The first-order valence-electron chi connectivity index (χ1n) is 6.30. The van der Waals surface area contributed by atoms with Crippen molar-refractivity contribution < 1.29 is 14.6 Å². The summed E-state index contributed by atoms with van der Waals surface area (Å²) in [6.07, 6.45) is 2.52. The largest absolute Gasteiger partial charge is 0.466 e. The van der Waals surface area contributed by atoms with Gasteiger partial charge < -0.3 is 15.2 Å². The Bertz CT molecular complexity index is 415. The molecule has 0 saturated heterocycles. The van der Waals surface area contributed by atoms with Crippen molar-refractivity contribution in [1.82, 2.24) is 5.32 Å². The van der Waals surface area contributed by atoms with E-state index in [9.17, 15) is 9.90 Å². The van der Waals surface area contributed by atoms with Gasteiger partial charge >= 0.3 is 5.97 Å². The molecule has 0 amide bonds. The van der Waals surface area contributed by atoms with Crippen LogP contribution in [-0.4, -0.2) is 37.4 Å². The predicted molar refractivity (Wildman–Crippen MR) is 74.8 cm³/mol. The molecule has 1 rings (SSSR count). The van der Waals surface area contributed by atoms with Gasteiger partial charge in [0.15, 0.2) is 0 Å². The molecule has 0 spiro atoms. The summed E-state index contributed by atoms with van der Waals surface area (Å²) < 4.78 is 4.61. The van der Waals surface area contributed by atoms with Crippen molar-refractivity contribution in [2.24, 2.45) is 0 Å². The molecule has 0 saturated carbocycles. The highest BCUT2D eigenvalue weighted by atomic mass is 16.5. The van der Waals surface area contributed by atoms with Crippen molar-refractivity contribution >= 4 is 5.97 Å². The van der Waals surface area contributed by atoms with E-state index in [-0.39, 0.29) is 18.6 Å². The Hall–Kier alpha value is -1.65. The topological polar surface area (TPSA) is 58.6 Å². The maximum absolute atomic E-state index is 11.2. The number of rotatable bonds is 7. The summed E-state index contributed by atoms with van der Waals surface area (Å²) in [5.74, 6) is -0.328. The fourth-order valence-corrected chi connectivity index (χ4v) is 1.72. The van der Waals surface area contributed by atoms with Crippen molar-refractivity contribution in [3.63, 3.8) is 0 Å². The van der Waals surface area contributed by atoms with Crippen LogP contribution in [0, 0.1) is 0 Å². The summed E-state index contributed by atoms with van der Waals surface area (Å²) >= 11 is 0. The summed E-state index contributed by atoms with van der Waals surface area (Å²) in [4.78, 5) is 11.2. The molecular formula is C15H21NO3. The molecule has 0 heterocycles. The Morgan fingerprint density at radius 1 is 1.42 bits per heavy atom. The number of methoxy groups -OCH3 is 1. The van der Waals surface area contributed by atoms with Gasteiger partial charge in [-0.1, -0.05) is 36.4 Å². The number of aliphatic hydroxyl groups excluding tert-OH is 1. The van der Waals surface area contributed by atoms with Crippen LogP contribution in [0.1, 0.15) is 12.5 Å². The van der Waals surface area contributed by atoms with Crippen molar-refractivity contribution in [2.45, 2.75) is 19.4 Å². The molecule has 19 heavy (non-hydrogen) atoms. The van der Waals surface area contributed by atoms with Crippen molar-refractivity contribution in [1.29, 1.82) is 0 Å². The number of ether oxygens (including phenoxy) is 1. The first-order chi connectivity index (χ1) is 9.17. The summed E-state index contributed by atoms with van der Waals surface area (Å²) in [5.41, 5.74) is 1.73. The first-order valence-corrected chi connectivity index (χ1v) is 6.30. The third kappa shape index (κ3) is 5.68. The molecule has 1 unspecified atom stereocenters. The maximum atomic E-state index is 11.2. The molecule has 0 fully saturated rings. The second kappa shape index (κ2) is 8.45. The number of hydrogen-bond acceptors (Lipinski definition) is 4. The smallest absolute Gasteiger partial charge is 0.333 e. The zero-order chi connectivity index (χ0) is 14.1. The maximum Gasteiger partial charge on any atom is 0.333 e. The molecule has 0 aliphatic carbocycles. The van der Waals surface area contributed by atoms with Crippen molar-refractivity contribution in [3.8, 4) is 0 Å². The minimum atomic E-state index is -0.328. The van der Waals surface area contributed by atoms with Gasteiger partial charge in [0.05, 0.1) is 13.7 Å². The summed E-state index contributed by atoms with van der Waals surface area (Å²) in [6.45, 7) is 2.29. The van der Waals surface area contributed by atoms with Crippen LogP contribution < -0.4 is 5.32 Å². The molecule has 1 aromatic carbocycles. The number of aliphatic hydroxyl groups is 1. The standard InChI is InChI=1S/C15H21NO3/c1-12(15(18)19-2)8-9-16-14(11-17)10-13-6-4-3-5-7-13/h3-8,14,16-17H,9-11H2,1-2H3/b12-8+. The molecule has 0 bridgehead atoms. The Morgan fingerprint density at radius 2 is 2.11 bits per heavy atom. The zero-order valence-electron chi connectivity index (χ0n) is 11.4. The minimum Gasteiger partial charge on any atom is -0.466 e. The Balaban J connectivity index is 2.43. The van der Waals surface area contributed by atoms with Crippen molar-refractivity contribution in [2.75, 3.05) is 20.3 Å². The average molecular weight is 263 g/mol. The van der Waals surface area contributed by atoms with Crippen LogP contribution in [0.4, 0.5) is 0 Å². The molecule has 0 aliphatic rings. The van der Waals surface area contributed by atoms with Gasteiger partial charge in [-0.15, -0.1) is 0 Å². The molecule has 4 heteroatoms. The number of hydrogen-bond donors (Lipinski definition) is 2. The number of carbonyl (C=O) groups is 1. The SMILES string of the molecule is COC(=O)/C(C)=C/CNC(CO)Cc1ccccc1. The molecule has 4 nitrogen and oxygen atoms in total. The Labute approximate surface area is 114 Å². The second-order valence-corrected chi connectivity index (χ2v) is 4.36. The van der Waals surface area contributed by atoms with Gasteiger partial charge in [-0.3, -0.25) is 0 Å². The van der Waals surface area contributed by atoms with Gasteiger partial charge in [0.1, 0.15) is 0 Å². The number of esters is 1. The van der Waals surface area contributed by atoms with Gasteiger partial charge in [-0.05, 0) is 18.9 Å². The van der Waals surface area contributed by atoms with E-state index < -0.39 is 0 Å². The van der Waals surface area contributed by atoms with Gasteiger partial charge in [-0.2, -0.15) is 0 Å². The van der Waals surface area contributed by atoms with E-state index in [0.717, 1.165) is 6.42 Å². The molecule has 1 aromatic rings. The van der Waals surface area contributed by atoms with E-state index >= 15 is 0 Å². The summed E-state index contributed by atoms with van der Waals surface area (Å²) in [5, 5.41) is 12.5. The number of nitrogens with one attached hydrogen (secondary N) is 1. The zero-order valence-corrected chi connectivity index (χ0v) is 11.4. The first kappa shape index (κ1) is 15.4. The lowest BCUT2D eigenvalue weighted by Crippen LogP contribution is -2.34. The lowest BCUT2D eigenvalue weighted by molar-refractivity contribution is -0.136. The highest BCUT2D eigenvalue weighted by Crippen LogP contribution is 2.03. The van der Waals surface area contributed by atoms with E-state index in [1.807, 2.05) is 30.3 Å². The van der Waals surface area contributed by atoms with Crippen LogP contribution in [0.2, 0.25) is 0 Å². The van der Waals surface area contributed by atoms with Gasteiger partial charge in [0.2, 0.25) is 0 Å². The third-order valence-electron chi connectivity index (χ3n) is 2.87. The van der Waals surface area contributed by atoms with E-state index in [1.54, 1.807) is 13.0 Å². The lowest BCUT2D eigenvalue weighted by atomic mass is 10.1. The van der Waals surface area contributed by atoms with Gasteiger partial charge in [-0.25, -0.2) is 4.79 Å². The van der Waals surface area contributed by atoms with Crippen LogP contribution in [0.25, 0.3) is 0 Å². The molecule has 104 valence electrons. The highest BCUT2D eigenvalue weighted by Gasteiger charge is 2.07. The average Bonchev–Trinajstić information content (AvgIpc) is 2.46. The van der Waals surface area contributed by atoms with Crippen LogP contribution in [0.5, 0.6) is 0 Å². The van der Waals surface area contributed by atoms with E-state index in [1.165, 1.54) is 12.7 Å². The quantitative estimate of drug-likeness (QED) is 0.575. The predicted octanol–water partition coefficient (Wildman–Crippen LogP) is 1.30. The fraction of sp³-hybridized carbons (Fsp3) is 0.400. The van der Waals surface area contributed by atoms with Gasteiger partial charge in [0.25, 0.3) is 0 Å². The fourth-order valence-electron chi connectivity index (χ4n) is 1.72. The molecule has 0 aliphatic heterocycles. The highest BCUT2D eigenvalue weighted by molar-refractivity contribution is 5.87. The molecule has 1 atom stereocenters. The summed E-state index contributed by atoms with van der Waals surface area (Å²) in [6, 6.07) is 9.95. The van der Waals surface area contributed by atoms with E-state index in [0.29, 0.717) is 12.1 Å². The van der Waals surface area contributed by atoms with Gasteiger partial charge in [0, 0.05) is 18.2 Å².